The fourth-order valence-corrected chi connectivity index (χ4v) is 1.44. The van der Waals surface area contributed by atoms with Crippen LogP contribution in [0.5, 0.6) is 11.5 Å². The quantitative estimate of drug-likeness (QED) is 0.808. The summed E-state index contributed by atoms with van der Waals surface area (Å²) in [4.78, 5) is 0. The van der Waals surface area contributed by atoms with Crippen LogP contribution in [0.2, 0.25) is 0 Å². The minimum Gasteiger partial charge on any atom is -0.504 e. The largest absolute Gasteiger partial charge is 0.504 e. The van der Waals surface area contributed by atoms with Crippen LogP contribution in [-0.4, -0.2) is 12.2 Å². The number of nitriles is 1. The number of hydrogen-bond donors (Lipinski definition) is 2. The van der Waals surface area contributed by atoms with Crippen molar-refractivity contribution in [3.05, 3.63) is 35.9 Å². The normalized spacial score (nSPS) is 10.9. The highest BCUT2D eigenvalue weighted by molar-refractivity contribution is 5.85. The Morgan fingerprint density at radius 3 is 2.76 bits per heavy atom. The second-order valence-electron chi connectivity index (χ2n) is 3.36. The van der Waals surface area contributed by atoms with E-state index in [1.165, 1.54) is 13.2 Å². The first-order valence-corrected chi connectivity index (χ1v) is 4.81. The molecule has 0 aliphatic heterocycles. The molecule has 1 aromatic carbocycles. The SMILES string of the molecule is C=CC[C@H](N)c1cc(C#N)cc(OC)c1O.Cl. The molecule has 0 radical (unpaired) electrons. The number of nitrogens with zero attached hydrogens (tertiary/aromatic N) is 1. The summed E-state index contributed by atoms with van der Waals surface area (Å²) in [7, 11) is 1.43. The fourth-order valence-electron chi connectivity index (χ4n) is 1.44. The van der Waals surface area contributed by atoms with Crippen LogP contribution >= 0.6 is 12.4 Å². The van der Waals surface area contributed by atoms with Gasteiger partial charge in [0.1, 0.15) is 0 Å². The maximum Gasteiger partial charge on any atom is 0.162 e. The van der Waals surface area contributed by atoms with Gasteiger partial charge in [0.15, 0.2) is 11.5 Å². The maximum atomic E-state index is 9.86. The molecule has 0 aliphatic rings. The van der Waals surface area contributed by atoms with Crippen LogP contribution in [0.15, 0.2) is 24.8 Å². The Morgan fingerprint density at radius 2 is 2.29 bits per heavy atom. The zero-order valence-corrected chi connectivity index (χ0v) is 10.3. The number of halogens is 1. The lowest BCUT2D eigenvalue weighted by Gasteiger charge is -2.14. The van der Waals surface area contributed by atoms with Crippen molar-refractivity contribution in [1.29, 1.82) is 5.26 Å². The summed E-state index contributed by atoms with van der Waals surface area (Å²) in [6, 6.07) is 4.64. The molecule has 0 spiro atoms. The zero-order valence-electron chi connectivity index (χ0n) is 9.51. The third kappa shape index (κ3) is 3.38. The van der Waals surface area contributed by atoms with E-state index in [9.17, 15) is 5.11 Å². The van der Waals surface area contributed by atoms with Crippen molar-refractivity contribution in [1.82, 2.24) is 0 Å². The van der Waals surface area contributed by atoms with Gasteiger partial charge < -0.3 is 15.6 Å². The van der Waals surface area contributed by atoms with Gasteiger partial charge in [-0.1, -0.05) is 6.08 Å². The van der Waals surface area contributed by atoms with Crippen LogP contribution < -0.4 is 10.5 Å². The number of methoxy groups -OCH3 is 1. The van der Waals surface area contributed by atoms with Crippen molar-refractivity contribution in [3.63, 3.8) is 0 Å². The maximum absolute atomic E-state index is 9.86. The third-order valence-electron chi connectivity index (χ3n) is 2.27. The Balaban J connectivity index is 0.00000256. The van der Waals surface area contributed by atoms with Gasteiger partial charge in [-0.25, -0.2) is 0 Å². The molecule has 3 N–H and O–H groups in total. The lowest BCUT2D eigenvalue weighted by molar-refractivity contribution is 0.368. The topological polar surface area (TPSA) is 79.3 Å². The molecular formula is C12H15ClN2O2. The van der Waals surface area contributed by atoms with Crippen molar-refractivity contribution in [3.8, 4) is 17.6 Å². The van der Waals surface area contributed by atoms with Gasteiger partial charge in [-0.15, -0.1) is 19.0 Å². The number of phenols is 1. The Hall–Kier alpha value is -1.70. The number of phenolic OH excluding ortho intramolecular Hbond substituents is 1. The van der Waals surface area contributed by atoms with E-state index in [1.807, 2.05) is 6.07 Å². The Kier molecular flexibility index (Phi) is 6.11. The van der Waals surface area contributed by atoms with E-state index in [-0.39, 0.29) is 29.9 Å². The monoisotopic (exact) mass is 254 g/mol. The van der Waals surface area contributed by atoms with Gasteiger partial charge in [-0.05, 0) is 12.5 Å². The second kappa shape index (κ2) is 6.79. The van der Waals surface area contributed by atoms with Crippen LogP contribution in [0.25, 0.3) is 0 Å². The summed E-state index contributed by atoms with van der Waals surface area (Å²) in [5.41, 5.74) is 6.76. The molecule has 4 nitrogen and oxygen atoms in total. The smallest absolute Gasteiger partial charge is 0.162 e. The summed E-state index contributed by atoms with van der Waals surface area (Å²) in [5.74, 6) is 0.240. The molecule has 0 unspecified atom stereocenters. The Bertz CT molecular complexity index is 441. The minimum absolute atomic E-state index is 0. The number of nitrogens with two attached hydrogens (primary N) is 1. The molecule has 1 aromatic rings. The predicted molar refractivity (Wildman–Crippen MR) is 68.4 cm³/mol. The third-order valence-corrected chi connectivity index (χ3v) is 2.27. The van der Waals surface area contributed by atoms with Gasteiger partial charge in [-0.2, -0.15) is 5.26 Å². The predicted octanol–water partition coefficient (Wildman–Crippen LogP) is 2.27. The van der Waals surface area contributed by atoms with Gasteiger partial charge in [-0.3, -0.25) is 0 Å². The van der Waals surface area contributed by atoms with Crippen LogP contribution in [0.3, 0.4) is 0 Å². The van der Waals surface area contributed by atoms with Crippen LogP contribution in [0, 0.1) is 11.3 Å². The van der Waals surface area contributed by atoms with Gasteiger partial charge in [0, 0.05) is 17.7 Å². The van der Waals surface area contributed by atoms with E-state index in [4.69, 9.17) is 15.7 Å². The van der Waals surface area contributed by atoms with Gasteiger partial charge in [0.25, 0.3) is 0 Å². The van der Waals surface area contributed by atoms with E-state index in [0.29, 0.717) is 17.5 Å². The Morgan fingerprint density at radius 1 is 1.65 bits per heavy atom. The second-order valence-corrected chi connectivity index (χ2v) is 3.36. The number of rotatable bonds is 4. The molecule has 5 heteroatoms. The molecule has 0 bridgehead atoms. The van der Waals surface area contributed by atoms with Gasteiger partial charge in [0.2, 0.25) is 0 Å². The number of benzene rings is 1. The summed E-state index contributed by atoms with van der Waals surface area (Å²) in [6.45, 7) is 3.58. The molecule has 1 atom stereocenters. The average molecular weight is 255 g/mol. The molecule has 0 saturated heterocycles. The van der Waals surface area contributed by atoms with Crippen molar-refractivity contribution in [2.24, 2.45) is 5.73 Å². The highest BCUT2D eigenvalue weighted by Gasteiger charge is 2.15. The van der Waals surface area contributed by atoms with E-state index in [2.05, 4.69) is 6.58 Å². The van der Waals surface area contributed by atoms with Crippen molar-refractivity contribution in [2.75, 3.05) is 7.11 Å². The molecule has 0 amide bonds. The minimum atomic E-state index is -0.389. The summed E-state index contributed by atoms with van der Waals surface area (Å²) >= 11 is 0. The zero-order chi connectivity index (χ0) is 12.1. The fraction of sp³-hybridized carbons (Fsp3) is 0.250. The standard InChI is InChI=1S/C12H14N2O2.ClH/c1-3-4-10(14)9-5-8(7-13)6-11(16-2)12(9)15;/h3,5-6,10,15H,1,4,14H2,2H3;1H/t10-;/m0./s1. The van der Waals surface area contributed by atoms with Crippen LogP contribution in [-0.2, 0) is 0 Å². The Labute approximate surface area is 107 Å². The molecule has 17 heavy (non-hydrogen) atoms. The molecule has 0 saturated carbocycles. The van der Waals surface area contributed by atoms with Gasteiger partial charge >= 0.3 is 0 Å². The van der Waals surface area contributed by atoms with Crippen molar-refractivity contribution < 1.29 is 9.84 Å². The number of aromatic hydroxyl groups is 1. The van der Waals surface area contributed by atoms with Gasteiger partial charge in [0.05, 0.1) is 18.7 Å². The van der Waals surface area contributed by atoms with Crippen LogP contribution in [0.4, 0.5) is 0 Å². The van der Waals surface area contributed by atoms with Crippen molar-refractivity contribution >= 4 is 12.4 Å². The first-order valence-electron chi connectivity index (χ1n) is 4.81. The number of hydrogen-bond acceptors (Lipinski definition) is 4. The van der Waals surface area contributed by atoms with E-state index in [1.54, 1.807) is 12.1 Å². The van der Waals surface area contributed by atoms with E-state index < -0.39 is 0 Å². The van der Waals surface area contributed by atoms with E-state index in [0.717, 1.165) is 0 Å². The molecule has 92 valence electrons. The molecule has 0 aromatic heterocycles. The first kappa shape index (κ1) is 15.3. The highest BCUT2D eigenvalue weighted by Crippen LogP contribution is 2.35. The lowest BCUT2D eigenvalue weighted by Crippen LogP contribution is -2.10. The molecule has 1 rings (SSSR count). The van der Waals surface area contributed by atoms with Crippen molar-refractivity contribution in [2.45, 2.75) is 12.5 Å². The molecule has 0 heterocycles. The van der Waals surface area contributed by atoms with Crippen LogP contribution in [0.1, 0.15) is 23.6 Å². The first-order chi connectivity index (χ1) is 7.63. The highest BCUT2D eigenvalue weighted by atomic mass is 35.5. The lowest BCUT2D eigenvalue weighted by atomic mass is 10.0. The molecule has 0 fully saturated rings. The summed E-state index contributed by atoms with van der Waals surface area (Å²) in [5, 5.41) is 18.7. The summed E-state index contributed by atoms with van der Waals surface area (Å²) < 4.78 is 4.97. The van der Waals surface area contributed by atoms with E-state index >= 15 is 0 Å². The molecule has 0 aliphatic carbocycles. The number of ether oxygens (including phenoxy) is 1. The molecular weight excluding hydrogens is 240 g/mol. The average Bonchev–Trinajstić information content (AvgIpc) is 2.29. The summed E-state index contributed by atoms with van der Waals surface area (Å²) in [6.07, 6.45) is 2.18.